The highest BCUT2D eigenvalue weighted by Crippen LogP contribution is 2.34. The third-order valence-electron chi connectivity index (χ3n) is 7.67. The second-order valence-electron chi connectivity index (χ2n) is 11.0. The molecule has 2 aliphatic heterocycles. The summed E-state index contributed by atoms with van der Waals surface area (Å²) in [5.41, 5.74) is 1.49. The van der Waals surface area contributed by atoms with Crippen molar-refractivity contribution in [1.82, 2.24) is 9.80 Å². The van der Waals surface area contributed by atoms with Gasteiger partial charge in [-0.25, -0.2) is 8.42 Å². The summed E-state index contributed by atoms with van der Waals surface area (Å²) in [5.74, 6) is 1.92. The van der Waals surface area contributed by atoms with Crippen LogP contribution in [0.4, 0.5) is 5.69 Å². The van der Waals surface area contributed by atoms with Gasteiger partial charge >= 0.3 is 0 Å². The van der Waals surface area contributed by atoms with E-state index in [-0.39, 0.29) is 47.5 Å². The molecule has 0 aromatic heterocycles. The topological polar surface area (TPSA) is 127 Å². The predicted molar refractivity (Wildman–Crippen MR) is 160 cm³/mol. The molecule has 3 atom stereocenters. The lowest BCUT2D eigenvalue weighted by Gasteiger charge is -2.38. The Morgan fingerprint density at radius 1 is 1.07 bits per heavy atom. The van der Waals surface area contributed by atoms with Crippen LogP contribution in [0.25, 0.3) is 0 Å². The molecule has 2 heterocycles. The van der Waals surface area contributed by atoms with Crippen LogP contribution in [0.1, 0.15) is 29.8 Å². The van der Waals surface area contributed by atoms with E-state index in [1.54, 1.807) is 36.1 Å². The summed E-state index contributed by atoms with van der Waals surface area (Å²) in [7, 11) is -0.438. The number of amides is 1. The van der Waals surface area contributed by atoms with Gasteiger partial charge in [-0.2, -0.15) is 0 Å². The van der Waals surface area contributed by atoms with Crippen molar-refractivity contribution in [2.24, 2.45) is 5.92 Å². The summed E-state index contributed by atoms with van der Waals surface area (Å²) < 4.78 is 51.3. The number of nitrogens with zero attached hydrogens (tertiary/aromatic N) is 2. The molecule has 0 aliphatic carbocycles. The van der Waals surface area contributed by atoms with E-state index in [1.807, 2.05) is 32.2 Å². The first-order valence-electron chi connectivity index (χ1n) is 14.0. The Kier molecular flexibility index (Phi) is 9.00. The lowest BCUT2D eigenvalue weighted by molar-refractivity contribution is 0.0341. The minimum Gasteiger partial charge on any atom is -0.497 e. The van der Waals surface area contributed by atoms with Gasteiger partial charge in [-0.1, -0.05) is 13.0 Å². The summed E-state index contributed by atoms with van der Waals surface area (Å²) in [4.78, 5) is 17.6. The van der Waals surface area contributed by atoms with Crippen LogP contribution in [0.2, 0.25) is 0 Å². The van der Waals surface area contributed by atoms with E-state index in [9.17, 15) is 18.3 Å². The van der Waals surface area contributed by atoms with Gasteiger partial charge in [0, 0.05) is 31.2 Å². The number of hydrogen-bond acceptors (Lipinski definition) is 9. The zero-order chi connectivity index (χ0) is 30.7. The lowest BCUT2D eigenvalue weighted by atomic mass is 9.99. The number of rotatable bonds is 10. The molecule has 0 saturated heterocycles. The maximum absolute atomic E-state index is 13.8. The molecule has 11 nitrogen and oxygen atoms in total. The van der Waals surface area contributed by atoms with Crippen molar-refractivity contribution in [3.63, 3.8) is 0 Å². The second kappa shape index (κ2) is 12.7. The Morgan fingerprint density at radius 3 is 2.51 bits per heavy atom. The van der Waals surface area contributed by atoms with Crippen LogP contribution in [0.5, 0.6) is 23.0 Å². The molecular weight excluding hydrogens is 574 g/mol. The third-order valence-corrected chi connectivity index (χ3v) is 9.07. The first-order chi connectivity index (χ1) is 20.6. The molecule has 3 aromatic carbocycles. The molecule has 3 aromatic rings. The van der Waals surface area contributed by atoms with Crippen LogP contribution in [-0.2, 0) is 16.6 Å². The fourth-order valence-corrected chi connectivity index (χ4v) is 6.25. The third kappa shape index (κ3) is 6.82. The number of anilines is 1. The molecule has 2 N–H and O–H groups in total. The van der Waals surface area contributed by atoms with Gasteiger partial charge in [0.15, 0.2) is 11.5 Å². The molecule has 5 rings (SSSR count). The standard InChI is InChI=1S/C31H37N3O8S/c1-20-15-34(21(2)18-35)31(36)26-14-23(32-43(37,38)25-9-7-24(39-4)8-10-25)6-12-27(26)42-30(20)17-33(3)16-22-5-11-28-29(13-22)41-19-40-28/h5-14,20-21,30,32,35H,15-19H2,1-4H3/t20-,21-,30-/m1/s1. The SMILES string of the molecule is COc1ccc(S(=O)(=O)Nc2ccc3c(c2)C(=O)N([C@H](C)CO)C[C@@H](C)[C@@H](CN(C)Cc2ccc4c(c2)OCO4)O3)cc1. The van der Waals surface area contributed by atoms with Crippen LogP contribution in [-0.4, -0.2) is 82.0 Å². The van der Waals surface area contributed by atoms with Gasteiger partial charge in [0.05, 0.1) is 30.2 Å². The van der Waals surface area contributed by atoms with Crippen LogP contribution < -0.4 is 23.7 Å². The Balaban J connectivity index is 1.39. The number of methoxy groups -OCH3 is 1. The molecule has 0 saturated carbocycles. The highest BCUT2D eigenvalue weighted by Gasteiger charge is 2.34. The van der Waals surface area contributed by atoms with Crippen LogP contribution >= 0.6 is 0 Å². The van der Waals surface area contributed by atoms with Crippen LogP contribution in [0.15, 0.2) is 65.6 Å². The fraction of sp³-hybridized carbons (Fsp3) is 0.387. The Labute approximate surface area is 252 Å². The van der Waals surface area contributed by atoms with Crippen molar-refractivity contribution >= 4 is 21.6 Å². The Bertz CT molecular complexity index is 1560. The average molecular weight is 612 g/mol. The minimum atomic E-state index is -3.94. The number of nitrogens with one attached hydrogen (secondary N) is 1. The highest BCUT2D eigenvalue weighted by molar-refractivity contribution is 7.92. The first kappa shape index (κ1) is 30.5. The zero-order valence-electron chi connectivity index (χ0n) is 24.6. The van der Waals surface area contributed by atoms with Gasteiger partial charge < -0.3 is 29.0 Å². The van der Waals surface area contributed by atoms with Crippen molar-refractivity contribution in [1.29, 1.82) is 0 Å². The quantitative estimate of drug-likeness (QED) is 0.354. The number of aliphatic hydroxyl groups is 1. The predicted octanol–water partition coefficient (Wildman–Crippen LogP) is 3.58. The van der Waals surface area contributed by atoms with E-state index < -0.39 is 16.1 Å². The highest BCUT2D eigenvalue weighted by atomic mass is 32.2. The molecular formula is C31H37N3O8S. The summed E-state index contributed by atoms with van der Waals surface area (Å²) in [6.45, 7) is 5.34. The number of ether oxygens (including phenoxy) is 4. The van der Waals surface area contributed by atoms with Crippen molar-refractivity contribution in [2.45, 2.75) is 37.4 Å². The number of carbonyl (C=O) groups is 1. The summed E-state index contributed by atoms with van der Waals surface area (Å²) in [6, 6.07) is 16.1. The molecule has 43 heavy (non-hydrogen) atoms. The molecule has 0 bridgehead atoms. The molecule has 2 aliphatic rings. The van der Waals surface area contributed by atoms with Crippen molar-refractivity contribution in [2.75, 3.05) is 45.4 Å². The Hall–Kier alpha value is -4.00. The van der Waals surface area contributed by atoms with E-state index >= 15 is 0 Å². The number of hydrogen-bond donors (Lipinski definition) is 2. The molecule has 230 valence electrons. The number of fused-ring (bicyclic) bond motifs is 2. The average Bonchev–Trinajstić information content (AvgIpc) is 3.46. The summed E-state index contributed by atoms with van der Waals surface area (Å²) in [5, 5.41) is 9.96. The number of benzene rings is 3. The van der Waals surface area contributed by atoms with E-state index in [0.29, 0.717) is 31.1 Å². The van der Waals surface area contributed by atoms with Gasteiger partial charge in [-0.05, 0) is 74.1 Å². The van der Waals surface area contributed by atoms with Gasteiger partial charge in [-0.15, -0.1) is 0 Å². The molecule has 0 unspecified atom stereocenters. The van der Waals surface area contributed by atoms with Gasteiger partial charge in [0.25, 0.3) is 15.9 Å². The summed E-state index contributed by atoms with van der Waals surface area (Å²) >= 11 is 0. The van der Waals surface area contributed by atoms with Crippen molar-refractivity contribution in [3.8, 4) is 23.0 Å². The maximum Gasteiger partial charge on any atom is 0.261 e. The van der Waals surface area contributed by atoms with Crippen molar-refractivity contribution < 1.29 is 37.3 Å². The zero-order valence-corrected chi connectivity index (χ0v) is 25.5. The maximum atomic E-state index is 13.8. The number of sulfonamides is 1. The van der Waals surface area contributed by atoms with E-state index in [2.05, 4.69) is 9.62 Å². The second-order valence-corrected chi connectivity index (χ2v) is 12.7. The molecule has 0 spiro atoms. The number of aliphatic hydroxyl groups excluding tert-OH is 1. The monoisotopic (exact) mass is 611 g/mol. The van der Waals surface area contributed by atoms with Gasteiger partial charge in [0.1, 0.15) is 17.6 Å². The van der Waals surface area contributed by atoms with Crippen molar-refractivity contribution in [3.05, 3.63) is 71.8 Å². The number of carbonyl (C=O) groups excluding carboxylic acids is 1. The van der Waals surface area contributed by atoms with Crippen LogP contribution in [0, 0.1) is 5.92 Å². The Morgan fingerprint density at radius 2 is 1.79 bits per heavy atom. The minimum absolute atomic E-state index is 0.0533. The van der Waals surface area contributed by atoms with E-state index in [4.69, 9.17) is 18.9 Å². The van der Waals surface area contributed by atoms with E-state index in [0.717, 1.165) is 17.1 Å². The lowest BCUT2D eigenvalue weighted by Crippen LogP contribution is -2.49. The summed E-state index contributed by atoms with van der Waals surface area (Å²) in [6.07, 6.45) is -0.305. The van der Waals surface area contributed by atoms with E-state index in [1.165, 1.54) is 25.3 Å². The molecule has 0 fully saturated rings. The normalized spacial score (nSPS) is 18.8. The molecule has 0 radical (unpaired) electrons. The molecule has 12 heteroatoms. The molecule has 1 amide bonds. The number of likely N-dealkylation sites (N-methyl/N-ethyl adjacent to an activating group) is 1. The largest absolute Gasteiger partial charge is 0.497 e. The van der Waals surface area contributed by atoms with Gasteiger partial charge in [0.2, 0.25) is 6.79 Å². The van der Waals surface area contributed by atoms with Crippen LogP contribution in [0.3, 0.4) is 0 Å². The van der Waals surface area contributed by atoms with Gasteiger partial charge in [-0.3, -0.25) is 14.4 Å². The smallest absolute Gasteiger partial charge is 0.261 e. The first-order valence-corrected chi connectivity index (χ1v) is 15.5. The fourth-order valence-electron chi connectivity index (χ4n) is 5.20.